The molecule has 1 aliphatic rings. The zero-order valence-corrected chi connectivity index (χ0v) is 21.3. The van der Waals surface area contributed by atoms with E-state index in [1.165, 1.54) is 27.8 Å². The summed E-state index contributed by atoms with van der Waals surface area (Å²) in [5, 5.41) is 0. The second-order valence-electron chi connectivity index (χ2n) is 9.92. The number of carbonyl (C=O) groups is 1. The van der Waals surface area contributed by atoms with Crippen LogP contribution in [0.1, 0.15) is 77.0 Å². The highest BCUT2D eigenvalue weighted by molar-refractivity contribution is 5.91. The minimum atomic E-state index is -0.129. The molecule has 0 radical (unpaired) electrons. The van der Waals surface area contributed by atoms with E-state index >= 15 is 0 Å². The van der Waals surface area contributed by atoms with Gasteiger partial charge in [0.2, 0.25) is 0 Å². The van der Waals surface area contributed by atoms with Crippen LogP contribution in [0.4, 0.5) is 0 Å². The van der Waals surface area contributed by atoms with Crippen LogP contribution in [0.15, 0.2) is 40.9 Å². The number of furan rings is 1. The Hall–Kier alpha value is -3.08. The fraction of sp³-hybridized carbons (Fsp3) is 0.448. The molecule has 1 aromatic carbocycles. The Morgan fingerprint density at radius 2 is 1.88 bits per heavy atom. The van der Waals surface area contributed by atoms with Gasteiger partial charge in [-0.15, -0.1) is 0 Å². The van der Waals surface area contributed by atoms with Gasteiger partial charge in [-0.2, -0.15) is 0 Å². The largest absolute Gasteiger partial charge is 0.487 e. The highest BCUT2D eigenvalue weighted by Crippen LogP contribution is 2.41. The number of hydrogen-bond donors (Lipinski definition) is 0. The molecule has 0 saturated carbocycles. The molecule has 3 aromatic rings. The van der Waals surface area contributed by atoms with Gasteiger partial charge in [0.25, 0.3) is 5.91 Å². The maximum absolute atomic E-state index is 13.1. The van der Waals surface area contributed by atoms with Crippen LogP contribution in [-0.2, 0) is 19.3 Å². The van der Waals surface area contributed by atoms with Crippen molar-refractivity contribution in [2.24, 2.45) is 0 Å². The standard InChI is InChI=1S/C29H36N2O3/c1-7-31(17-14-22-10-8-9-16-30-22)28(32)26-12-11-23(33-26)18-25-19(2)20(3)27-24(21(25)4)13-15-29(5,6)34-27/h8-12,16H,7,13-15,17-18H2,1-6H3. The fourth-order valence-electron chi connectivity index (χ4n) is 4.83. The second kappa shape index (κ2) is 9.65. The minimum Gasteiger partial charge on any atom is -0.487 e. The first-order chi connectivity index (χ1) is 16.2. The van der Waals surface area contributed by atoms with Gasteiger partial charge in [-0.25, -0.2) is 0 Å². The summed E-state index contributed by atoms with van der Waals surface area (Å²) in [5.74, 6) is 2.19. The van der Waals surface area contributed by atoms with Crippen LogP contribution in [0, 0.1) is 20.8 Å². The Morgan fingerprint density at radius 1 is 1.09 bits per heavy atom. The van der Waals surface area contributed by atoms with Gasteiger partial charge in [-0.05, 0) is 106 Å². The highest BCUT2D eigenvalue weighted by Gasteiger charge is 2.31. The smallest absolute Gasteiger partial charge is 0.289 e. The van der Waals surface area contributed by atoms with E-state index in [0.717, 1.165) is 36.5 Å². The van der Waals surface area contributed by atoms with Crippen molar-refractivity contribution in [2.45, 2.75) is 72.8 Å². The van der Waals surface area contributed by atoms with Crippen LogP contribution >= 0.6 is 0 Å². The van der Waals surface area contributed by atoms with Crippen molar-refractivity contribution in [3.63, 3.8) is 0 Å². The van der Waals surface area contributed by atoms with Crippen molar-refractivity contribution in [2.75, 3.05) is 13.1 Å². The second-order valence-corrected chi connectivity index (χ2v) is 9.92. The van der Waals surface area contributed by atoms with Crippen LogP contribution in [0.25, 0.3) is 0 Å². The zero-order chi connectivity index (χ0) is 24.5. The number of aromatic nitrogens is 1. The van der Waals surface area contributed by atoms with Gasteiger partial charge in [-0.3, -0.25) is 9.78 Å². The number of hydrogen-bond acceptors (Lipinski definition) is 4. The van der Waals surface area contributed by atoms with Crippen molar-refractivity contribution in [1.82, 2.24) is 9.88 Å². The lowest BCUT2D eigenvalue weighted by Gasteiger charge is -2.35. The molecule has 0 aliphatic carbocycles. The van der Waals surface area contributed by atoms with E-state index in [1.807, 2.05) is 42.2 Å². The van der Waals surface area contributed by atoms with E-state index in [0.29, 0.717) is 25.3 Å². The molecule has 5 heteroatoms. The van der Waals surface area contributed by atoms with Gasteiger partial charge in [-0.1, -0.05) is 6.07 Å². The summed E-state index contributed by atoms with van der Waals surface area (Å²) in [6.45, 7) is 14.0. The molecule has 180 valence electrons. The van der Waals surface area contributed by atoms with E-state index in [9.17, 15) is 4.79 Å². The number of carbonyl (C=O) groups excluding carboxylic acids is 1. The molecule has 4 rings (SSSR count). The van der Waals surface area contributed by atoms with Crippen LogP contribution in [0.3, 0.4) is 0 Å². The Morgan fingerprint density at radius 3 is 2.59 bits per heavy atom. The summed E-state index contributed by atoms with van der Waals surface area (Å²) in [6, 6.07) is 9.60. The van der Waals surface area contributed by atoms with Crippen LogP contribution in [-0.4, -0.2) is 34.5 Å². The normalized spacial score (nSPS) is 14.4. The van der Waals surface area contributed by atoms with Crippen LogP contribution < -0.4 is 4.74 Å². The Labute approximate surface area is 203 Å². The third kappa shape index (κ3) is 4.89. The van der Waals surface area contributed by atoms with Crippen molar-refractivity contribution >= 4 is 5.91 Å². The topological polar surface area (TPSA) is 55.6 Å². The Bertz CT molecular complexity index is 1180. The van der Waals surface area contributed by atoms with Crippen LogP contribution in [0.2, 0.25) is 0 Å². The maximum Gasteiger partial charge on any atom is 0.289 e. The molecule has 3 heterocycles. The molecule has 1 aliphatic heterocycles. The van der Waals surface area contributed by atoms with E-state index in [1.54, 1.807) is 6.20 Å². The molecule has 1 amide bonds. The van der Waals surface area contributed by atoms with Crippen molar-refractivity contribution in [1.29, 1.82) is 0 Å². The lowest BCUT2D eigenvalue weighted by atomic mass is 9.84. The molecule has 0 bridgehead atoms. The summed E-state index contributed by atoms with van der Waals surface area (Å²) in [5.41, 5.74) is 7.17. The monoisotopic (exact) mass is 460 g/mol. The predicted molar refractivity (Wildman–Crippen MR) is 135 cm³/mol. The molecule has 0 atom stereocenters. The number of amides is 1. The molecular weight excluding hydrogens is 424 g/mol. The molecule has 0 spiro atoms. The number of fused-ring (bicyclic) bond motifs is 1. The minimum absolute atomic E-state index is 0.0737. The summed E-state index contributed by atoms with van der Waals surface area (Å²) in [4.78, 5) is 19.3. The van der Waals surface area contributed by atoms with Gasteiger partial charge in [0.05, 0.1) is 0 Å². The Kier molecular flexibility index (Phi) is 6.83. The van der Waals surface area contributed by atoms with Gasteiger partial charge in [0.1, 0.15) is 17.1 Å². The fourth-order valence-corrected chi connectivity index (χ4v) is 4.83. The van der Waals surface area contributed by atoms with Gasteiger partial charge >= 0.3 is 0 Å². The Balaban J connectivity index is 1.51. The van der Waals surface area contributed by atoms with E-state index < -0.39 is 0 Å². The molecule has 34 heavy (non-hydrogen) atoms. The third-order valence-corrected chi connectivity index (χ3v) is 7.15. The molecule has 0 saturated heterocycles. The molecule has 0 N–H and O–H groups in total. The average molecular weight is 461 g/mol. The molecule has 2 aromatic heterocycles. The summed E-state index contributed by atoms with van der Waals surface area (Å²) < 4.78 is 12.4. The van der Waals surface area contributed by atoms with E-state index in [2.05, 4.69) is 39.6 Å². The number of pyridine rings is 1. The summed E-state index contributed by atoms with van der Waals surface area (Å²) >= 11 is 0. The van der Waals surface area contributed by atoms with Gasteiger partial charge in [0.15, 0.2) is 5.76 Å². The van der Waals surface area contributed by atoms with E-state index in [-0.39, 0.29) is 11.5 Å². The number of nitrogens with zero attached hydrogens (tertiary/aromatic N) is 2. The van der Waals surface area contributed by atoms with Crippen molar-refractivity contribution in [3.8, 4) is 5.75 Å². The van der Waals surface area contributed by atoms with E-state index in [4.69, 9.17) is 9.15 Å². The quantitative estimate of drug-likeness (QED) is 0.434. The highest BCUT2D eigenvalue weighted by atomic mass is 16.5. The van der Waals surface area contributed by atoms with Crippen molar-refractivity contribution < 1.29 is 13.9 Å². The summed E-state index contributed by atoms with van der Waals surface area (Å²) in [6.07, 6.45) is 5.20. The molecule has 0 unspecified atom stereocenters. The zero-order valence-electron chi connectivity index (χ0n) is 21.3. The molecule has 0 fully saturated rings. The maximum atomic E-state index is 13.1. The summed E-state index contributed by atoms with van der Waals surface area (Å²) in [7, 11) is 0. The average Bonchev–Trinajstić information content (AvgIpc) is 3.29. The number of likely N-dealkylation sites (N-methyl/N-ethyl adjacent to an activating group) is 1. The first-order valence-corrected chi connectivity index (χ1v) is 12.3. The lowest BCUT2D eigenvalue weighted by Crippen LogP contribution is -2.33. The predicted octanol–water partition coefficient (Wildman–Crippen LogP) is 6.00. The van der Waals surface area contributed by atoms with Gasteiger partial charge in [0, 0.05) is 37.8 Å². The van der Waals surface area contributed by atoms with Crippen LogP contribution in [0.5, 0.6) is 5.75 Å². The molecular formula is C29H36N2O3. The molecule has 5 nitrogen and oxygen atoms in total. The van der Waals surface area contributed by atoms with Crippen molar-refractivity contribution in [3.05, 3.63) is 81.6 Å². The first kappa shape index (κ1) is 24.1. The number of ether oxygens (including phenoxy) is 1. The van der Waals surface area contributed by atoms with Gasteiger partial charge < -0.3 is 14.1 Å². The number of benzene rings is 1. The first-order valence-electron chi connectivity index (χ1n) is 12.3. The lowest BCUT2D eigenvalue weighted by molar-refractivity contribution is 0.0732. The number of rotatable bonds is 7. The third-order valence-electron chi connectivity index (χ3n) is 7.15. The SMILES string of the molecule is CCN(CCc1ccccn1)C(=O)c1ccc(Cc2c(C)c(C)c3c(c2C)CCC(C)(C)O3)o1.